The highest BCUT2D eigenvalue weighted by Gasteiger charge is 2.26. The van der Waals surface area contributed by atoms with Gasteiger partial charge in [-0.3, -0.25) is 0 Å². The van der Waals surface area contributed by atoms with Crippen LogP contribution < -0.4 is 0 Å². The zero-order valence-electron chi connectivity index (χ0n) is 12.3. The maximum Gasteiger partial charge on any atom is 0.144 e. The summed E-state index contributed by atoms with van der Waals surface area (Å²) in [5, 5.41) is 0. The normalized spacial score (nSPS) is 18.6. The molecule has 0 saturated heterocycles. The number of hydrogen-bond acceptors (Lipinski definition) is 3. The fourth-order valence-electron chi connectivity index (χ4n) is 0.822. The van der Waals surface area contributed by atoms with Crippen LogP contribution in [0.5, 0.6) is 0 Å². The van der Waals surface area contributed by atoms with Gasteiger partial charge in [0.15, 0.2) is 0 Å². The van der Waals surface area contributed by atoms with E-state index in [1.165, 1.54) is 12.3 Å². The Balaban J connectivity index is 3.28. The third kappa shape index (κ3) is 3.88. The summed E-state index contributed by atoms with van der Waals surface area (Å²) in [6.45, 7) is 2.80. The first kappa shape index (κ1) is 9.62. The van der Waals surface area contributed by atoms with E-state index in [0.717, 1.165) is 0 Å². The topological polar surface area (TPSA) is 48.3 Å². The molecule has 0 unspecified atom stereocenters. The van der Waals surface area contributed by atoms with Crippen molar-refractivity contribution >= 4 is 33.0 Å². The SMILES string of the molecule is [2H]C([2H])([2H])C(=N[S@+]([O-])C(C)(C)C)c1ccnc(Br)c1. The smallest absolute Gasteiger partial charge is 0.144 e. The molecule has 0 spiro atoms. The van der Waals surface area contributed by atoms with Crippen molar-refractivity contribution in [3.8, 4) is 0 Å². The molecule has 5 heteroatoms. The number of pyridine rings is 1. The summed E-state index contributed by atoms with van der Waals surface area (Å²) in [7, 11) is 0. The predicted octanol–water partition coefficient (Wildman–Crippen LogP) is 3.12. The quantitative estimate of drug-likeness (QED) is 0.479. The molecule has 0 saturated carbocycles. The Labute approximate surface area is 112 Å². The summed E-state index contributed by atoms with van der Waals surface area (Å²) < 4.78 is 38.4. The van der Waals surface area contributed by atoms with Crippen molar-refractivity contribution < 1.29 is 8.67 Å². The lowest BCUT2D eigenvalue weighted by Gasteiger charge is -2.18. The van der Waals surface area contributed by atoms with Crippen molar-refractivity contribution in [1.29, 1.82) is 0 Å². The summed E-state index contributed by atoms with van der Waals surface area (Å²) in [5.41, 5.74) is 0.225. The lowest BCUT2D eigenvalue weighted by molar-refractivity contribution is 0.561. The highest BCUT2D eigenvalue weighted by atomic mass is 79.9. The molecule has 0 amide bonds. The van der Waals surface area contributed by atoms with Gasteiger partial charge in [0.25, 0.3) is 0 Å². The van der Waals surface area contributed by atoms with E-state index in [0.29, 0.717) is 10.2 Å². The van der Waals surface area contributed by atoms with Gasteiger partial charge >= 0.3 is 0 Å². The van der Waals surface area contributed by atoms with E-state index in [1.54, 1.807) is 26.8 Å². The Kier molecular flexibility index (Phi) is 3.18. The first-order chi connectivity index (χ1) is 8.51. The molecular weight excluding hydrogens is 288 g/mol. The van der Waals surface area contributed by atoms with Crippen LogP contribution in [-0.2, 0) is 11.4 Å². The van der Waals surface area contributed by atoms with E-state index in [-0.39, 0.29) is 5.71 Å². The third-order valence-electron chi connectivity index (χ3n) is 1.70. The van der Waals surface area contributed by atoms with E-state index < -0.39 is 23.0 Å². The standard InChI is InChI=1S/C11H15BrN2OS/c1-8(14-16(15)11(2,3)4)9-5-6-13-10(12)7-9/h5-7H,1-4H3/t16-/m1/s1/i1D3. The summed E-state index contributed by atoms with van der Waals surface area (Å²) in [4.78, 5) is 3.93. The maximum atomic E-state index is 12.0. The average Bonchev–Trinajstić information content (AvgIpc) is 2.22. The Bertz CT molecular complexity index is 486. The van der Waals surface area contributed by atoms with Crippen LogP contribution in [-0.4, -0.2) is 20.0 Å². The van der Waals surface area contributed by atoms with Crippen molar-refractivity contribution in [2.45, 2.75) is 32.4 Å². The largest absolute Gasteiger partial charge is 0.591 e. The zero-order valence-corrected chi connectivity index (χ0v) is 11.7. The fraction of sp³-hybridized carbons (Fsp3) is 0.455. The van der Waals surface area contributed by atoms with Crippen LogP contribution in [0.15, 0.2) is 27.3 Å². The molecule has 88 valence electrons. The molecule has 0 bridgehead atoms. The molecule has 0 aromatic carbocycles. The molecule has 3 nitrogen and oxygen atoms in total. The van der Waals surface area contributed by atoms with Gasteiger partial charge in [0.1, 0.15) is 20.7 Å². The number of nitrogens with zero attached hydrogens (tertiary/aromatic N) is 2. The van der Waals surface area contributed by atoms with Crippen LogP contribution in [0.3, 0.4) is 0 Å². The van der Waals surface area contributed by atoms with Gasteiger partial charge in [-0.15, -0.1) is 0 Å². The van der Waals surface area contributed by atoms with Gasteiger partial charge < -0.3 is 4.55 Å². The van der Waals surface area contributed by atoms with Crippen LogP contribution >= 0.6 is 15.9 Å². The van der Waals surface area contributed by atoms with Gasteiger partial charge in [-0.1, -0.05) is 4.40 Å². The summed E-state index contributed by atoms with van der Waals surface area (Å²) >= 11 is 1.55. The van der Waals surface area contributed by atoms with Gasteiger partial charge in [-0.25, -0.2) is 4.98 Å². The molecule has 0 aliphatic heterocycles. The Morgan fingerprint density at radius 2 is 2.31 bits per heavy atom. The predicted molar refractivity (Wildman–Crippen MR) is 72.0 cm³/mol. The lowest BCUT2D eigenvalue weighted by Crippen LogP contribution is -2.26. The Morgan fingerprint density at radius 3 is 2.81 bits per heavy atom. The monoisotopic (exact) mass is 305 g/mol. The van der Waals surface area contributed by atoms with Crippen LogP contribution in [0, 0.1) is 0 Å². The number of aromatic nitrogens is 1. The van der Waals surface area contributed by atoms with Crippen molar-refractivity contribution in [3.63, 3.8) is 0 Å². The van der Waals surface area contributed by atoms with Crippen LogP contribution in [0.1, 0.15) is 37.3 Å². The van der Waals surface area contributed by atoms with E-state index >= 15 is 0 Å². The van der Waals surface area contributed by atoms with E-state index in [1.807, 2.05) is 0 Å². The Morgan fingerprint density at radius 1 is 1.62 bits per heavy atom. The molecule has 1 atom stereocenters. The van der Waals surface area contributed by atoms with E-state index in [4.69, 9.17) is 4.11 Å². The molecule has 1 heterocycles. The van der Waals surface area contributed by atoms with Crippen molar-refractivity contribution in [2.24, 2.45) is 4.40 Å². The third-order valence-corrected chi connectivity index (χ3v) is 3.53. The lowest BCUT2D eigenvalue weighted by atomic mass is 10.2. The first-order valence-electron chi connectivity index (χ1n) is 6.15. The molecule has 1 aromatic rings. The number of rotatable bonds is 2. The molecule has 0 N–H and O–H groups in total. The second-order valence-electron chi connectivity index (χ2n) is 4.17. The first-order valence-corrected chi connectivity index (χ1v) is 6.55. The average molecular weight is 306 g/mol. The zero-order chi connectivity index (χ0) is 14.8. The molecule has 1 aromatic heterocycles. The van der Waals surface area contributed by atoms with Crippen LogP contribution in [0.25, 0.3) is 0 Å². The van der Waals surface area contributed by atoms with Crippen molar-refractivity contribution in [3.05, 3.63) is 28.5 Å². The summed E-state index contributed by atoms with van der Waals surface area (Å²) in [6.07, 6.45) is 1.47. The highest BCUT2D eigenvalue weighted by Crippen LogP contribution is 2.18. The van der Waals surface area contributed by atoms with Crippen LogP contribution in [0.4, 0.5) is 0 Å². The molecule has 0 fully saturated rings. The van der Waals surface area contributed by atoms with E-state index in [2.05, 4.69) is 25.3 Å². The van der Waals surface area contributed by atoms with Gasteiger partial charge in [0, 0.05) is 15.9 Å². The molecule has 0 radical (unpaired) electrons. The minimum absolute atomic E-state index is 0.163. The van der Waals surface area contributed by atoms with Gasteiger partial charge in [-0.2, -0.15) is 0 Å². The molecule has 0 aliphatic carbocycles. The Hall–Kier alpha value is -0.390. The number of hydrogen-bond donors (Lipinski definition) is 0. The van der Waals surface area contributed by atoms with Gasteiger partial charge in [-0.05, 0) is 55.7 Å². The summed E-state index contributed by atoms with van der Waals surface area (Å²) in [6, 6.07) is 3.08. The maximum absolute atomic E-state index is 12.0. The minimum atomic E-state index is -2.43. The fourth-order valence-corrected chi connectivity index (χ4v) is 1.73. The highest BCUT2D eigenvalue weighted by molar-refractivity contribution is 9.10. The van der Waals surface area contributed by atoms with Crippen molar-refractivity contribution in [1.82, 2.24) is 4.98 Å². The molecular formula is C11H15BrN2OS. The van der Waals surface area contributed by atoms with Gasteiger partial charge in [0.05, 0.1) is 5.71 Å². The van der Waals surface area contributed by atoms with E-state index in [9.17, 15) is 4.55 Å². The van der Waals surface area contributed by atoms with Crippen LogP contribution in [0.2, 0.25) is 0 Å². The van der Waals surface area contributed by atoms with Crippen molar-refractivity contribution in [2.75, 3.05) is 0 Å². The molecule has 16 heavy (non-hydrogen) atoms. The second-order valence-corrected chi connectivity index (χ2v) is 6.89. The molecule has 0 aliphatic rings. The van der Waals surface area contributed by atoms with Gasteiger partial charge in [0.2, 0.25) is 0 Å². The molecule has 1 rings (SSSR count). The summed E-state index contributed by atoms with van der Waals surface area (Å²) in [5.74, 6) is 0. The second kappa shape index (κ2) is 5.29. The minimum Gasteiger partial charge on any atom is -0.591 e. The number of halogens is 1.